The lowest BCUT2D eigenvalue weighted by Crippen LogP contribution is -2.63. The fourth-order valence-electron chi connectivity index (χ4n) is 3.79. The lowest BCUT2D eigenvalue weighted by Gasteiger charge is -2.47. The van der Waals surface area contributed by atoms with Gasteiger partial charge < -0.3 is 10.1 Å². The van der Waals surface area contributed by atoms with Crippen LogP contribution in [0.15, 0.2) is 0 Å². The first-order chi connectivity index (χ1) is 9.15. The Balaban J connectivity index is 1.92. The summed E-state index contributed by atoms with van der Waals surface area (Å²) in [5, 5.41) is 3.89. The van der Waals surface area contributed by atoms with Crippen molar-refractivity contribution in [2.24, 2.45) is 5.92 Å². The van der Waals surface area contributed by atoms with Crippen LogP contribution >= 0.6 is 0 Å². The van der Waals surface area contributed by atoms with Crippen LogP contribution in [-0.4, -0.2) is 49.3 Å². The second kappa shape index (κ2) is 7.05. The van der Waals surface area contributed by atoms with E-state index in [1.165, 1.54) is 45.2 Å². The zero-order valence-corrected chi connectivity index (χ0v) is 13.1. The molecule has 1 spiro atoms. The van der Waals surface area contributed by atoms with E-state index < -0.39 is 0 Å². The Morgan fingerprint density at radius 3 is 2.68 bits per heavy atom. The van der Waals surface area contributed by atoms with E-state index in [-0.39, 0.29) is 0 Å². The number of piperazine rings is 1. The Hall–Kier alpha value is -0.120. The van der Waals surface area contributed by atoms with E-state index in [9.17, 15) is 0 Å². The number of hydrogen-bond acceptors (Lipinski definition) is 3. The summed E-state index contributed by atoms with van der Waals surface area (Å²) in [7, 11) is 0. The summed E-state index contributed by atoms with van der Waals surface area (Å²) in [4.78, 5) is 2.71. The second-order valence-electron chi connectivity index (χ2n) is 6.82. The van der Waals surface area contributed by atoms with Crippen molar-refractivity contribution in [3.63, 3.8) is 0 Å². The third kappa shape index (κ3) is 4.17. The van der Waals surface area contributed by atoms with Gasteiger partial charge in [0.25, 0.3) is 0 Å². The van der Waals surface area contributed by atoms with Gasteiger partial charge in [-0.25, -0.2) is 0 Å². The molecule has 3 nitrogen and oxygen atoms in total. The highest BCUT2D eigenvalue weighted by Gasteiger charge is 2.40. The highest BCUT2D eigenvalue weighted by molar-refractivity contribution is 5.01. The molecule has 2 rings (SSSR count). The molecule has 3 heteroatoms. The summed E-state index contributed by atoms with van der Waals surface area (Å²) in [5.41, 5.74) is 0.430. The normalized spacial score (nSPS) is 27.5. The fourth-order valence-corrected chi connectivity index (χ4v) is 3.79. The second-order valence-corrected chi connectivity index (χ2v) is 6.82. The molecule has 1 saturated heterocycles. The van der Waals surface area contributed by atoms with Crippen LogP contribution in [0.25, 0.3) is 0 Å². The molecule has 1 unspecified atom stereocenters. The number of ether oxygens (including phenoxy) is 1. The highest BCUT2D eigenvalue weighted by atomic mass is 16.5. The van der Waals surface area contributed by atoms with Gasteiger partial charge in [0.2, 0.25) is 0 Å². The molecule has 0 amide bonds. The van der Waals surface area contributed by atoms with E-state index >= 15 is 0 Å². The Kier molecular flexibility index (Phi) is 5.67. The van der Waals surface area contributed by atoms with E-state index in [1.54, 1.807) is 0 Å². The van der Waals surface area contributed by atoms with Crippen molar-refractivity contribution in [1.82, 2.24) is 10.2 Å². The van der Waals surface area contributed by atoms with Crippen molar-refractivity contribution in [2.45, 2.75) is 64.5 Å². The molecule has 2 fully saturated rings. The minimum absolute atomic E-state index is 0.430. The lowest BCUT2D eigenvalue weighted by molar-refractivity contribution is 0.0374. The van der Waals surface area contributed by atoms with Gasteiger partial charge in [0.15, 0.2) is 0 Å². The molecule has 0 radical (unpaired) electrons. The van der Waals surface area contributed by atoms with Gasteiger partial charge in [-0.1, -0.05) is 26.7 Å². The van der Waals surface area contributed by atoms with Gasteiger partial charge in [-0.15, -0.1) is 0 Å². The van der Waals surface area contributed by atoms with Crippen molar-refractivity contribution >= 4 is 0 Å². The van der Waals surface area contributed by atoms with Crippen LogP contribution in [0.2, 0.25) is 0 Å². The van der Waals surface area contributed by atoms with Crippen molar-refractivity contribution in [2.75, 3.05) is 32.8 Å². The van der Waals surface area contributed by atoms with Crippen molar-refractivity contribution < 1.29 is 4.74 Å². The van der Waals surface area contributed by atoms with Gasteiger partial charge in [-0.2, -0.15) is 0 Å². The Morgan fingerprint density at radius 1 is 1.32 bits per heavy atom. The van der Waals surface area contributed by atoms with E-state index in [1.807, 2.05) is 0 Å². The summed E-state index contributed by atoms with van der Waals surface area (Å²) < 4.78 is 5.58. The first kappa shape index (κ1) is 15.3. The number of nitrogens with one attached hydrogen (secondary N) is 1. The molecule has 2 aliphatic rings. The van der Waals surface area contributed by atoms with Gasteiger partial charge in [-0.3, -0.25) is 4.90 Å². The predicted octanol–water partition coefficient (Wildman–Crippen LogP) is 2.66. The van der Waals surface area contributed by atoms with Crippen LogP contribution in [0, 0.1) is 5.92 Å². The third-order valence-corrected chi connectivity index (χ3v) is 4.77. The first-order valence-corrected chi connectivity index (χ1v) is 8.22. The number of rotatable bonds is 6. The van der Waals surface area contributed by atoms with Crippen LogP contribution in [0.1, 0.15) is 52.9 Å². The van der Waals surface area contributed by atoms with Crippen LogP contribution in [0.3, 0.4) is 0 Å². The average molecular weight is 268 g/mol. The summed E-state index contributed by atoms with van der Waals surface area (Å²) >= 11 is 0. The molecule has 1 aliphatic heterocycles. The van der Waals surface area contributed by atoms with E-state index in [4.69, 9.17) is 4.74 Å². The first-order valence-electron chi connectivity index (χ1n) is 8.22. The molecule has 1 aliphatic carbocycles. The van der Waals surface area contributed by atoms with E-state index in [2.05, 4.69) is 31.0 Å². The van der Waals surface area contributed by atoms with Gasteiger partial charge in [-0.05, 0) is 32.1 Å². The molecule has 0 aromatic heterocycles. The van der Waals surface area contributed by atoms with Crippen LogP contribution in [0.5, 0.6) is 0 Å². The third-order valence-electron chi connectivity index (χ3n) is 4.77. The molecule has 1 heterocycles. The van der Waals surface area contributed by atoms with Gasteiger partial charge in [0, 0.05) is 37.8 Å². The summed E-state index contributed by atoms with van der Waals surface area (Å²) in [6, 6.07) is 0.701. The zero-order chi connectivity index (χ0) is 13.7. The highest BCUT2D eigenvalue weighted by Crippen LogP contribution is 2.33. The number of nitrogens with zero attached hydrogens (tertiary/aromatic N) is 1. The predicted molar refractivity (Wildman–Crippen MR) is 80.5 cm³/mol. The average Bonchev–Trinajstić information content (AvgIpc) is 2.81. The maximum absolute atomic E-state index is 5.58. The molecule has 0 aromatic rings. The molecule has 1 saturated carbocycles. The smallest absolute Gasteiger partial charge is 0.0593 e. The minimum Gasteiger partial charge on any atom is -0.380 e. The van der Waals surface area contributed by atoms with Crippen LogP contribution < -0.4 is 5.32 Å². The standard InChI is InChI=1S/C16H32N2O/c1-4-19-10-9-18-13-16(7-5-6-8-16)17-12-15(18)11-14(2)3/h14-15,17H,4-13H2,1-3H3. The molecular formula is C16H32N2O. The number of hydrogen-bond donors (Lipinski definition) is 1. The lowest BCUT2D eigenvalue weighted by atomic mass is 9.90. The van der Waals surface area contributed by atoms with Gasteiger partial charge >= 0.3 is 0 Å². The largest absolute Gasteiger partial charge is 0.380 e. The molecule has 1 atom stereocenters. The minimum atomic E-state index is 0.430. The topological polar surface area (TPSA) is 24.5 Å². The Bertz CT molecular complexity index is 261. The fraction of sp³-hybridized carbons (Fsp3) is 1.00. The van der Waals surface area contributed by atoms with Crippen molar-refractivity contribution in [3.8, 4) is 0 Å². The zero-order valence-electron chi connectivity index (χ0n) is 13.1. The van der Waals surface area contributed by atoms with Gasteiger partial charge in [0.05, 0.1) is 6.61 Å². The summed E-state index contributed by atoms with van der Waals surface area (Å²) in [5.74, 6) is 0.777. The van der Waals surface area contributed by atoms with Crippen LogP contribution in [0.4, 0.5) is 0 Å². The van der Waals surface area contributed by atoms with E-state index in [0.29, 0.717) is 11.6 Å². The Labute approximate surface area is 119 Å². The Morgan fingerprint density at radius 2 is 2.05 bits per heavy atom. The maximum atomic E-state index is 5.58. The summed E-state index contributed by atoms with van der Waals surface area (Å²) in [6.07, 6.45) is 6.84. The SMILES string of the molecule is CCOCCN1CC2(CCCC2)NCC1CC(C)C. The van der Waals surface area contributed by atoms with Gasteiger partial charge in [0.1, 0.15) is 0 Å². The molecule has 112 valence electrons. The quantitative estimate of drug-likeness (QED) is 0.750. The van der Waals surface area contributed by atoms with Crippen molar-refractivity contribution in [3.05, 3.63) is 0 Å². The molecular weight excluding hydrogens is 236 g/mol. The van der Waals surface area contributed by atoms with Crippen molar-refractivity contribution in [1.29, 1.82) is 0 Å². The molecule has 0 bridgehead atoms. The maximum Gasteiger partial charge on any atom is 0.0593 e. The van der Waals surface area contributed by atoms with Crippen LogP contribution in [-0.2, 0) is 4.74 Å². The molecule has 19 heavy (non-hydrogen) atoms. The summed E-state index contributed by atoms with van der Waals surface area (Å²) in [6.45, 7) is 12.0. The van der Waals surface area contributed by atoms with E-state index in [0.717, 1.165) is 25.7 Å². The molecule has 1 N–H and O–H groups in total. The monoisotopic (exact) mass is 268 g/mol. The molecule has 0 aromatic carbocycles.